The molecule has 1 unspecified atom stereocenters. The van der Waals surface area contributed by atoms with Crippen LogP contribution in [0.25, 0.3) is 10.8 Å². The molecule has 2 N–H and O–H groups in total. The Kier molecular flexibility index (Phi) is 2.40. The van der Waals surface area contributed by atoms with Crippen LogP contribution in [0.3, 0.4) is 0 Å². The van der Waals surface area contributed by atoms with Gasteiger partial charge in [0, 0.05) is 9.79 Å². The molecule has 0 amide bonds. The van der Waals surface area contributed by atoms with E-state index in [0.29, 0.717) is 0 Å². The number of rotatable bonds is 0. The summed E-state index contributed by atoms with van der Waals surface area (Å²) in [4.78, 5) is 2.56. The lowest BCUT2D eigenvalue weighted by Gasteiger charge is -2.26. The van der Waals surface area contributed by atoms with Gasteiger partial charge in [-0.25, -0.2) is 0 Å². The maximum atomic E-state index is 6.51. The summed E-state index contributed by atoms with van der Waals surface area (Å²) in [5, 5.41) is 2.53. The normalized spacial score (nSPS) is 17.0. The predicted molar refractivity (Wildman–Crippen MR) is 80.5 cm³/mol. The van der Waals surface area contributed by atoms with Crippen LogP contribution in [0, 0.1) is 0 Å². The first kappa shape index (κ1) is 11.1. The zero-order valence-corrected chi connectivity index (χ0v) is 11.2. The van der Waals surface area contributed by atoms with Gasteiger partial charge in [0.05, 0.1) is 6.04 Å². The quantitative estimate of drug-likeness (QED) is 0.652. The van der Waals surface area contributed by atoms with E-state index in [1.165, 1.54) is 31.7 Å². The Morgan fingerprint density at radius 3 is 2.53 bits per heavy atom. The van der Waals surface area contributed by atoms with Crippen LogP contribution in [0.15, 0.2) is 70.5 Å². The van der Waals surface area contributed by atoms with Gasteiger partial charge in [-0.1, -0.05) is 60.3 Å². The third-order valence-corrected chi connectivity index (χ3v) is 4.88. The van der Waals surface area contributed by atoms with Gasteiger partial charge in [-0.2, -0.15) is 0 Å². The standard InChI is InChI=1S/C17H13NS/c18-17-13-7-3-4-8-14(13)19-15-10-9-11-5-1-2-6-12(11)16(15)17/h1-10,17H,18H2. The highest BCUT2D eigenvalue weighted by Gasteiger charge is 2.24. The molecule has 0 aliphatic carbocycles. The van der Waals surface area contributed by atoms with Crippen molar-refractivity contribution in [2.45, 2.75) is 15.8 Å². The molecule has 0 bridgehead atoms. The summed E-state index contributed by atoms with van der Waals surface area (Å²) in [6, 6.07) is 21.2. The van der Waals surface area contributed by atoms with Crippen LogP contribution in [0.5, 0.6) is 0 Å². The highest BCUT2D eigenvalue weighted by Crippen LogP contribution is 2.46. The average molecular weight is 263 g/mol. The topological polar surface area (TPSA) is 26.0 Å². The highest BCUT2D eigenvalue weighted by atomic mass is 32.2. The van der Waals surface area contributed by atoms with Gasteiger partial charge in [-0.15, -0.1) is 0 Å². The summed E-state index contributed by atoms with van der Waals surface area (Å²) >= 11 is 1.82. The highest BCUT2D eigenvalue weighted by molar-refractivity contribution is 7.99. The first-order chi connectivity index (χ1) is 9.34. The Morgan fingerprint density at radius 2 is 1.58 bits per heavy atom. The number of fused-ring (bicyclic) bond motifs is 4. The van der Waals surface area contributed by atoms with Gasteiger partial charge in [0.15, 0.2) is 0 Å². The van der Waals surface area contributed by atoms with E-state index in [4.69, 9.17) is 5.73 Å². The molecule has 19 heavy (non-hydrogen) atoms. The predicted octanol–water partition coefficient (Wildman–Crippen LogP) is 4.35. The molecule has 0 saturated heterocycles. The van der Waals surface area contributed by atoms with Crippen molar-refractivity contribution in [1.82, 2.24) is 0 Å². The molecule has 0 saturated carbocycles. The number of hydrogen-bond acceptors (Lipinski definition) is 2. The lowest BCUT2D eigenvalue weighted by atomic mass is 9.94. The maximum Gasteiger partial charge on any atom is 0.0580 e. The minimum atomic E-state index is -0.0291. The molecular formula is C17H13NS. The molecule has 1 nitrogen and oxygen atoms in total. The first-order valence-corrected chi connectivity index (χ1v) is 7.20. The zero-order chi connectivity index (χ0) is 12.8. The second-order valence-electron chi connectivity index (χ2n) is 4.82. The molecule has 3 aromatic rings. The fraction of sp³-hybridized carbons (Fsp3) is 0.0588. The molecule has 92 valence electrons. The minimum Gasteiger partial charge on any atom is -0.320 e. The van der Waals surface area contributed by atoms with E-state index in [2.05, 4.69) is 60.7 Å². The minimum absolute atomic E-state index is 0.0291. The van der Waals surface area contributed by atoms with Crippen molar-refractivity contribution in [3.63, 3.8) is 0 Å². The number of benzene rings is 3. The van der Waals surface area contributed by atoms with Crippen LogP contribution >= 0.6 is 11.8 Å². The van der Waals surface area contributed by atoms with E-state index in [0.717, 1.165) is 0 Å². The monoisotopic (exact) mass is 263 g/mol. The van der Waals surface area contributed by atoms with E-state index in [-0.39, 0.29) is 6.04 Å². The molecule has 0 radical (unpaired) electrons. The average Bonchev–Trinajstić information content (AvgIpc) is 2.47. The summed E-state index contributed by atoms with van der Waals surface area (Å²) < 4.78 is 0. The van der Waals surface area contributed by atoms with E-state index in [1.54, 1.807) is 0 Å². The van der Waals surface area contributed by atoms with E-state index in [1.807, 2.05) is 11.8 Å². The summed E-state index contributed by atoms with van der Waals surface area (Å²) in [6.45, 7) is 0. The van der Waals surface area contributed by atoms with Crippen LogP contribution in [-0.2, 0) is 0 Å². The van der Waals surface area contributed by atoms with Crippen LogP contribution in [0.2, 0.25) is 0 Å². The number of nitrogens with two attached hydrogens (primary N) is 1. The Morgan fingerprint density at radius 1 is 0.789 bits per heavy atom. The number of hydrogen-bond donors (Lipinski definition) is 1. The molecule has 1 atom stereocenters. The Balaban J connectivity index is 2.04. The molecule has 4 rings (SSSR count). The molecule has 0 aromatic heterocycles. The van der Waals surface area contributed by atoms with Gasteiger partial charge in [0.2, 0.25) is 0 Å². The van der Waals surface area contributed by atoms with Crippen LogP contribution < -0.4 is 5.73 Å². The van der Waals surface area contributed by atoms with Crippen LogP contribution in [0.4, 0.5) is 0 Å². The Bertz CT molecular complexity index is 779. The Hall–Kier alpha value is -1.77. The van der Waals surface area contributed by atoms with Crippen molar-refractivity contribution < 1.29 is 0 Å². The maximum absolute atomic E-state index is 6.51. The lowest BCUT2D eigenvalue weighted by molar-refractivity contribution is 0.824. The summed E-state index contributed by atoms with van der Waals surface area (Å²) in [5.41, 5.74) is 9.01. The zero-order valence-electron chi connectivity index (χ0n) is 10.3. The molecule has 1 aliphatic rings. The third kappa shape index (κ3) is 1.61. The largest absolute Gasteiger partial charge is 0.320 e. The fourth-order valence-electron chi connectivity index (χ4n) is 2.79. The summed E-state index contributed by atoms with van der Waals surface area (Å²) in [5.74, 6) is 0. The fourth-order valence-corrected chi connectivity index (χ4v) is 3.97. The van der Waals surface area contributed by atoms with Gasteiger partial charge in [0.1, 0.15) is 0 Å². The van der Waals surface area contributed by atoms with Crippen LogP contribution in [0.1, 0.15) is 17.2 Å². The van der Waals surface area contributed by atoms with Crippen molar-refractivity contribution in [2.75, 3.05) is 0 Å². The SMILES string of the molecule is NC1c2ccccc2Sc2ccc3ccccc3c21. The van der Waals surface area contributed by atoms with Crippen molar-refractivity contribution in [3.8, 4) is 0 Å². The molecule has 0 fully saturated rings. The summed E-state index contributed by atoms with van der Waals surface area (Å²) in [6.07, 6.45) is 0. The molecule has 3 aromatic carbocycles. The van der Waals surface area contributed by atoms with Crippen molar-refractivity contribution in [1.29, 1.82) is 0 Å². The van der Waals surface area contributed by atoms with E-state index >= 15 is 0 Å². The van der Waals surface area contributed by atoms with E-state index < -0.39 is 0 Å². The molecular weight excluding hydrogens is 250 g/mol. The Labute approximate surface area is 116 Å². The van der Waals surface area contributed by atoms with Gasteiger partial charge in [-0.05, 0) is 34.0 Å². The van der Waals surface area contributed by atoms with Crippen molar-refractivity contribution in [2.24, 2.45) is 5.73 Å². The second kappa shape index (κ2) is 4.12. The second-order valence-corrected chi connectivity index (χ2v) is 5.90. The van der Waals surface area contributed by atoms with Gasteiger partial charge in [0.25, 0.3) is 0 Å². The summed E-state index contributed by atoms with van der Waals surface area (Å²) in [7, 11) is 0. The first-order valence-electron chi connectivity index (χ1n) is 6.38. The molecule has 1 aliphatic heterocycles. The van der Waals surface area contributed by atoms with Gasteiger partial charge >= 0.3 is 0 Å². The lowest BCUT2D eigenvalue weighted by Crippen LogP contribution is -2.17. The molecule has 2 heteroatoms. The molecule has 1 heterocycles. The van der Waals surface area contributed by atoms with Crippen molar-refractivity contribution >= 4 is 22.5 Å². The smallest absolute Gasteiger partial charge is 0.0580 e. The van der Waals surface area contributed by atoms with Crippen molar-refractivity contribution in [3.05, 3.63) is 71.8 Å². The van der Waals surface area contributed by atoms with E-state index in [9.17, 15) is 0 Å². The third-order valence-electron chi connectivity index (χ3n) is 3.72. The van der Waals surface area contributed by atoms with Gasteiger partial charge < -0.3 is 5.73 Å². The molecule has 0 spiro atoms. The van der Waals surface area contributed by atoms with Gasteiger partial charge in [-0.3, -0.25) is 0 Å². The van der Waals surface area contributed by atoms with Crippen LogP contribution in [-0.4, -0.2) is 0 Å².